The number of anilines is 1. The number of furan rings is 1. The summed E-state index contributed by atoms with van der Waals surface area (Å²) in [5.41, 5.74) is 0.313. The van der Waals surface area contributed by atoms with Crippen molar-refractivity contribution in [1.29, 1.82) is 0 Å². The van der Waals surface area contributed by atoms with Gasteiger partial charge in [0.15, 0.2) is 11.5 Å². The van der Waals surface area contributed by atoms with E-state index in [4.69, 9.17) is 4.42 Å². The summed E-state index contributed by atoms with van der Waals surface area (Å²) in [4.78, 5) is 35.3. The highest BCUT2D eigenvalue weighted by molar-refractivity contribution is 6.15. The molecule has 3 rings (SSSR count). The van der Waals surface area contributed by atoms with Gasteiger partial charge in [-0.25, -0.2) is 0 Å². The fraction of sp³-hybridized carbons (Fsp3) is 0. The van der Waals surface area contributed by atoms with Crippen molar-refractivity contribution in [2.24, 2.45) is 0 Å². The maximum atomic E-state index is 12.7. The normalized spacial score (nSPS) is 10.2. The second kappa shape index (κ2) is 6.79. The van der Waals surface area contributed by atoms with E-state index in [0.717, 1.165) is 6.07 Å². The van der Waals surface area contributed by atoms with Crippen LogP contribution in [0.25, 0.3) is 0 Å². The van der Waals surface area contributed by atoms with Crippen LogP contribution in [0.5, 0.6) is 0 Å². The summed E-state index contributed by atoms with van der Waals surface area (Å²) in [5, 5.41) is 13.6. The van der Waals surface area contributed by atoms with E-state index in [-0.39, 0.29) is 22.7 Å². The van der Waals surface area contributed by atoms with E-state index in [1.807, 2.05) is 0 Å². The average molecular weight is 336 g/mol. The molecule has 0 aliphatic heterocycles. The van der Waals surface area contributed by atoms with Crippen LogP contribution in [-0.2, 0) is 0 Å². The highest BCUT2D eigenvalue weighted by Crippen LogP contribution is 2.25. The highest BCUT2D eigenvalue weighted by atomic mass is 16.6. The number of nitrogens with zero attached hydrogens (tertiary/aromatic N) is 1. The Labute approximate surface area is 142 Å². The molecule has 1 amide bonds. The number of benzene rings is 2. The van der Waals surface area contributed by atoms with Crippen LogP contribution < -0.4 is 5.32 Å². The third kappa shape index (κ3) is 3.45. The van der Waals surface area contributed by atoms with Gasteiger partial charge in [0.25, 0.3) is 11.6 Å². The molecule has 0 atom stereocenters. The zero-order valence-corrected chi connectivity index (χ0v) is 12.8. The van der Waals surface area contributed by atoms with Crippen LogP contribution in [0, 0.1) is 10.1 Å². The van der Waals surface area contributed by atoms with Crippen molar-refractivity contribution >= 4 is 23.1 Å². The van der Waals surface area contributed by atoms with Gasteiger partial charge in [0.2, 0.25) is 0 Å². The van der Waals surface area contributed by atoms with Crippen molar-refractivity contribution in [3.63, 3.8) is 0 Å². The Hall–Kier alpha value is -3.74. The second-order valence-electron chi connectivity index (χ2n) is 5.11. The second-order valence-corrected chi connectivity index (χ2v) is 5.11. The van der Waals surface area contributed by atoms with E-state index < -0.39 is 16.6 Å². The molecule has 0 spiro atoms. The summed E-state index contributed by atoms with van der Waals surface area (Å²) in [7, 11) is 0. The van der Waals surface area contributed by atoms with Gasteiger partial charge in [-0.3, -0.25) is 19.7 Å². The first-order chi connectivity index (χ1) is 12.1. The standard InChI is InChI=1S/C18H12N2O5/c21-17(12-5-2-1-3-6-12)14-11-13(20(23)24)8-9-15(14)19-18(22)16-7-4-10-25-16/h1-11H,(H,19,22). The lowest BCUT2D eigenvalue weighted by atomic mass is 10.0. The van der Waals surface area contributed by atoms with Gasteiger partial charge < -0.3 is 9.73 Å². The first kappa shape index (κ1) is 16.1. The highest BCUT2D eigenvalue weighted by Gasteiger charge is 2.20. The van der Waals surface area contributed by atoms with Crippen LogP contribution in [0.2, 0.25) is 0 Å². The van der Waals surface area contributed by atoms with Gasteiger partial charge in [0.1, 0.15) is 0 Å². The number of amides is 1. The molecule has 25 heavy (non-hydrogen) atoms. The van der Waals surface area contributed by atoms with E-state index in [9.17, 15) is 19.7 Å². The predicted octanol–water partition coefficient (Wildman–Crippen LogP) is 3.67. The average Bonchev–Trinajstić information content (AvgIpc) is 3.17. The third-order valence-electron chi connectivity index (χ3n) is 3.49. The SMILES string of the molecule is O=C(Nc1ccc([N+](=O)[O-])cc1C(=O)c1ccccc1)c1ccco1. The summed E-state index contributed by atoms with van der Waals surface area (Å²) in [6, 6.07) is 15.0. The predicted molar refractivity (Wildman–Crippen MR) is 89.6 cm³/mol. The van der Waals surface area contributed by atoms with Crippen molar-refractivity contribution < 1.29 is 18.9 Å². The lowest BCUT2D eigenvalue weighted by molar-refractivity contribution is -0.384. The van der Waals surface area contributed by atoms with Crippen LogP contribution in [0.3, 0.4) is 0 Å². The minimum Gasteiger partial charge on any atom is -0.459 e. The molecular weight excluding hydrogens is 324 g/mol. The molecule has 124 valence electrons. The molecule has 2 aromatic carbocycles. The molecular formula is C18H12N2O5. The Morgan fingerprint density at radius 1 is 1.00 bits per heavy atom. The van der Waals surface area contributed by atoms with Gasteiger partial charge >= 0.3 is 0 Å². The summed E-state index contributed by atoms with van der Waals surface area (Å²) >= 11 is 0. The molecule has 1 aromatic heterocycles. The Morgan fingerprint density at radius 3 is 2.40 bits per heavy atom. The van der Waals surface area contributed by atoms with Gasteiger partial charge in [-0.2, -0.15) is 0 Å². The van der Waals surface area contributed by atoms with Crippen LogP contribution in [0.15, 0.2) is 71.3 Å². The quantitative estimate of drug-likeness (QED) is 0.435. The zero-order valence-electron chi connectivity index (χ0n) is 12.8. The number of nitro groups is 1. The lowest BCUT2D eigenvalue weighted by Gasteiger charge is -2.10. The van der Waals surface area contributed by atoms with Crippen molar-refractivity contribution in [3.8, 4) is 0 Å². The Morgan fingerprint density at radius 2 is 1.76 bits per heavy atom. The van der Waals surface area contributed by atoms with Gasteiger partial charge in [-0.15, -0.1) is 0 Å². The molecule has 0 aliphatic rings. The topological polar surface area (TPSA) is 102 Å². The summed E-state index contributed by atoms with van der Waals surface area (Å²) in [6.07, 6.45) is 1.35. The number of hydrogen-bond acceptors (Lipinski definition) is 5. The number of hydrogen-bond donors (Lipinski definition) is 1. The number of carbonyl (C=O) groups is 2. The molecule has 1 heterocycles. The first-order valence-electron chi connectivity index (χ1n) is 7.29. The van der Waals surface area contributed by atoms with E-state index in [2.05, 4.69) is 5.32 Å². The minimum atomic E-state index is -0.597. The van der Waals surface area contributed by atoms with Gasteiger partial charge in [-0.05, 0) is 18.2 Å². The molecule has 0 saturated heterocycles. The molecule has 7 nitrogen and oxygen atoms in total. The number of nitrogens with one attached hydrogen (secondary N) is 1. The first-order valence-corrected chi connectivity index (χ1v) is 7.29. The number of ketones is 1. The van der Waals surface area contributed by atoms with Gasteiger partial charge in [-0.1, -0.05) is 30.3 Å². The molecule has 0 saturated carbocycles. The smallest absolute Gasteiger partial charge is 0.291 e. The molecule has 0 radical (unpaired) electrons. The number of nitro benzene ring substituents is 1. The third-order valence-corrected chi connectivity index (χ3v) is 3.49. The van der Waals surface area contributed by atoms with E-state index in [1.54, 1.807) is 36.4 Å². The van der Waals surface area contributed by atoms with Crippen LogP contribution in [0.4, 0.5) is 11.4 Å². The fourth-order valence-electron chi connectivity index (χ4n) is 2.28. The van der Waals surface area contributed by atoms with E-state index in [1.165, 1.54) is 24.5 Å². The number of carbonyl (C=O) groups excluding carboxylic acids is 2. The molecule has 3 aromatic rings. The van der Waals surface area contributed by atoms with Crippen LogP contribution in [0.1, 0.15) is 26.5 Å². The van der Waals surface area contributed by atoms with Crippen molar-refractivity contribution in [1.82, 2.24) is 0 Å². The molecule has 0 fully saturated rings. The molecule has 0 aliphatic carbocycles. The Balaban J connectivity index is 2.01. The van der Waals surface area contributed by atoms with Gasteiger partial charge in [0.05, 0.1) is 22.4 Å². The maximum absolute atomic E-state index is 12.7. The number of non-ortho nitro benzene ring substituents is 1. The monoisotopic (exact) mass is 336 g/mol. The molecule has 0 bridgehead atoms. The molecule has 1 N–H and O–H groups in total. The largest absolute Gasteiger partial charge is 0.459 e. The zero-order chi connectivity index (χ0) is 17.8. The fourth-order valence-corrected chi connectivity index (χ4v) is 2.28. The van der Waals surface area contributed by atoms with Crippen molar-refractivity contribution in [3.05, 3.63) is 93.9 Å². The van der Waals surface area contributed by atoms with Crippen LogP contribution >= 0.6 is 0 Å². The van der Waals surface area contributed by atoms with E-state index in [0.29, 0.717) is 5.56 Å². The summed E-state index contributed by atoms with van der Waals surface area (Å²) < 4.78 is 5.01. The summed E-state index contributed by atoms with van der Waals surface area (Å²) in [6.45, 7) is 0. The Bertz CT molecular complexity index is 933. The van der Waals surface area contributed by atoms with Crippen molar-refractivity contribution in [2.45, 2.75) is 0 Å². The lowest BCUT2D eigenvalue weighted by Crippen LogP contribution is -2.15. The van der Waals surface area contributed by atoms with E-state index >= 15 is 0 Å². The summed E-state index contributed by atoms with van der Waals surface area (Å²) in [5.74, 6) is -0.920. The number of rotatable bonds is 5. The minimum absolute atomic E-state index is 0.0281. The Kier molecular flexibility index (Phi) is 4.38. The van der Waals surface area contributed by atoms with Crippen LogP contribution in [-0.4, -0.2) is 16.6 Å². The maximum Gasteiger partial charge on any atom is 0.291 e. The van der Waals surface area contributed by atoms with Crippen molar-refractivity contribution in [2.75, 3.05) is 5.32 Å². The molecule has 7 heteroatoms. The van der Waals surface area contributed by atoms with Gasteiger partial charge in [0, 0.05) is 17.7 Å². The molecule has 0 unspecified atom stereocenters.